The van der Waals surface area contributed by atoms with Crippen LogP contribution >= 0.6 is 0 Å². The summed E-state index contributed by atoms with van der Waals surface area (Å²) in [4.78, 5) is 13.3. The molecule has 1 rings (SSSR count). The smallest absolute Gasteiger partial charge is 0.160 e. The molecule has 0 unspecified atom stereocenters. The number of hydrogen-bond acceptors (Lipinski definition) is 3. The van der Waals surface area contributed by atoms with E-state index in [4.69, 9.17) is 5.26 Å². The van der Waals surface area contributed by atoms with Crippen LogP contribution in [0.2, 0.25) is 0 Å². The second-order valence-electron chi connectivity index (χ2n) is 5.26. The van der Waals surface area contributed by atoms with E-state index in [9.17, 15) is 4.79 Å². The van der Waals surface area contributed by atoms with Gasteiger partial charge in [0, 0.05) is 6.54 Å². The minimum atomic E-state index is -0.0137. The van der Waals surface area contributed by atoms with Crippen molar-refractivity contribution in [3.63, 3.8) is 0 Å². The van der Waals surface area contributed by atoms with Crippen LogP contribution in [-0.4, -0.2) is 30.8 Å². The fourth-order valence-corrected chi connectivity index (χ4v) is 1.91. The summed E-state index contributed by atoms with van der Waals surface area (Å²) in [6.45, 7) is 5.56. The van der Waals surface area contributed by atoms with Crippen LogP contribution in [0.1, 0.15) is 37.3 Å². The van der Waals surface area contributed by atoms with Crippen LogP contribution in [0.4, 0.5) is 0 Å². The van der Waals surface area contributed by atoms with E-state index < -0.39 is 0 Å². The Bertz CT molecular complexity index is 443. The standard InChI is InChI=1S/C16H22N2O/c1-13(2)15-6-4-14(5-7-15)9-11-18(3)12-16(19)8-10-17/h4-7,13H,8-9,11-12H2,1-3H3. The van der Waals surface area contributed by atoms with Gasteiger partial charge in [0.05, 0.1) is 19.0 Å². The zero-order valence-electron chi connectivity index (χ0n) is 12.0. The van der Waals surface area contributed by atoms with Gasteiger partial charge in [0.25, 0.3) is 0 Å². The number of carbonyl (C=O) groups excluding carboxylic acids is 1. The molecule has 1 aromatic rings. The number of rotatable bonds is 7. The predicted octanol–water partition coefficient (Wildman–Crippen LogP) is 2.77. The summed E-state index contributed by atoms with van der Waals surface area (Å²) >= 11 is 0. The number of ketones is 1. The average Bonchev–Trinajstić information content (AvgIpc) is 2.37. The molecule has 102 valence electrons. The highest BCUT2D eigenvalue weighted by molar-refractivity contribution is 5.82. The molecule has 0 aromatic heterocycles. The maximum absolute atomic E-state index is 11.3. The molecule has 0 spiro atoms. The second-order valence-corrected chi connectivity index (χ2v) is 5.26. The van der Waals surface area contributed by atoms with E-state index in [1.54, 1.807) is 0 Å². The molecule has 0 amide bonds. The summed E-state index contributed by atoms with van der Waals surface area (Å²) in [5, 5.41) is 8.44. The lowest BCUT2D eigenvalue weighted by Gasteiger charge is -2.15. The Morgan fingerprint density at radius 2 is 1.95 bits per heavy atom. The van der Waals surface area contributed by atoms with Crippen LogP contribution in [0, 0.1) is 11.3 Å². The number of hydrogen-bond donors (Lipinski definition) is 0. The van der Waals surface area contributed by atoms with Crippen molar-refractivity contribution in [2.24, 2.45) is 0 Å². The molecule has 0 fully saturated rings. The van der Waals surface area contributed by atoms with Crippen LogP contribution in [0.15, 0.2) is 24.3 Å². The SMILES string of the molecule is CC(C)c1ccc(CCN(C)CC(=O)CC#N)cc1. The van der Waals surface area contributed by atoms with Crippen molar-refractivity contribution in [1.29, 1.82) is 5.26 Å². The first kappa shape index (κ1) is 15.4. The van der Waals surface area contributed by atoms with Gasteiger partial charge in [0.2, 0.25) is 0 Å². The number of carbonyl (C=O) groups is 1. The van der Waals surface area contributed by atoms with E-state index in [2.05, 4.69) is 38.1 Å². The van der Waals surface area contributed by atoms with Gasteiger partial charge in [0.15, 0.2) is 5.78 Å². The van der Waals surface area contributed by atoms with E-state index in [1.165, 1.54) is 11.1 Å². The molecule has 0 radical (unpaired) electrons. The molecule has 3 heteroatoms. The zero-order valence-corrected chi connectivity index (χ0v) is 12.0. The van der Waals surface area contributed by atoms with Crippen LogP contribution in [-0.2, 0) is 11.2 Å². The Labute approximate surface area is 115 Å². The molecule has 0 aliphatic rings. The van der Waals surface area contributed by atoms with E-state index in [-0.39, 0.29) is 12.2 Å². The van der Waals surface area contributed by atoms with Crippen LogP contribution < -0.4 is 0 Å². The molecule has 0 heterocycles. The summed E-state index contributed by atoms with van der Waals surface area (Å²) < 4.78 is 0. The second kappa shape index (κ2) is 7.70. The Morgan fingerprint density at radius 1 is 1.32 bits per heavy atom. The maximum atomic E-state index is 11.3. The van der Waals surface area contributed by atoms with Crippen LogP contribution in [0.5, 0.6) is 0 Å². The highest BCUT2D eigenvalue weighted by atomic mass is 16.1. The Balaban J connectivity index is 2.40. The fourth-order valence-electron chi connectivity index (χ4n) is 1.91. The van der Waals surface area contributed by atoms with Gasteiger partial charge in [0.1, 0.15) is 0 Å². The van der Waals surface area contributed by atoms with Gasteiger partial charge >= 0.3 is 0 Å². The summed E-state index contributed by atoms with van der Waals surface area (Å²) in [6, 6.07) is 10.5. The third-order valence-electron chi connectivity index (χ3n) is 3.15. The summed E-state index contributed by atoms with van der Waals surface area (Å²) in [5.41, 5.74) is 2.63. The lowest BCUT2D eigenvalue weighted by atomic mass is 10.0. The Kier molecular flexibility index (Phi) is 6.24. The lowest BCUT2D eigenvalue weighted by molar-refractivity contribution is -0.118. The highest BCUT2D eigenvalue weighted by Crippen LogP contribution is 2.14. The minimum absolute atomic E-state index is 0.00737. The topological polar surface area (TPSA) is 44.1 Å². The fraction of sp³-hybridized carbons (Fsp3) is 0.500. The van der Waals surface area contributed by atoms with Crippen LogP contribution in [0.3, 0.4) is 0 Å². The van der Waals surface area contributed by atoms with E-state index in [1.807, 2.05) is 18.0 Å². The van der Waals surface area contributed by atoms with E-state index >= 15 is 0 Å². The number of benzene rings is 1. The van der Waals surface area contributed by atoms with E-state index in [0.717, 1.165) is 13.0 Å². The molecule has 0 saturated carbocycles. The van der Waals surface area contributed by atoms with Gasteiger partial charge in [-0.25, -0.2) is 0 Å². The van der Waals surface area contributed by atoms with Crippen molar-refractivity contribution >= 4 is 5.78 Å². The van der Waals surface area contributed by atoms with Crippen molar-refractivity contribution in [3.05, 3.63) is 35.4 Å². The third kappa shape index (κ3) is 5.67. The van der Waals surface area contributed by atoms with Crippen molar-refractivity contribution in [2.75, 3.05) is 20.1 Å². The number of nitriles is 1. The van der Waals surface area contributed by atoms with Crippen molar-refractivity contribution in [3.8, 4) is 6.07 Å². The number of nitrogens with zero attached hydrogens (tertiary/aromatic N) is 2. The normalized spacial score (nSPS) is 10.7. The van der Waals surface area contributed by atoms with Gasteiger partial charge in [-0.1, -0.05) is 38.1 Å². The third-order valence-corrected chi connectivity index (χ3v) is 3.15. The summed E-state index contributed by atoms with van der Waals surface area (Å²) in [6.07, 6.45) is 0.933. The largest absolute Gasteiger partial charge is 0.299 e. The molecule has 0 atom stereocenters. The number of Topliss-reactive ketones (excluding diaryl/α,β-unsaturated/α-hetero) is 1. The Hall–Kier alpha value is -1.66. The highest BCUT2D eigenvalue weighted by Gasteiger charge is 2.06. The van der Waals surface area contributed by atoms with Gasteiger partial charge < -0.3 is 0 Å². The lowest BCUT2D eigenvalue weighted by Crippen LogP contribution is -2.27. The van der Waals surface area contributed by atoms with Gasteiger partial charge in [-0.3, -0.25) is 9.69 Å². The molecule has 0 saturated heterocycles. The molecule has 0 bridgehead atoms. The van der Waals surface area contributed by atoms with Gasteiger partial charge in [-0.2, -0.15) is 5.26 Å². The molecular formula is C16H22N2O. The van der Waals surface area contributed by atoms with Crippen molar-refractivity contribution in [2.45, 2.75) is 32.6 Å². The zero-order chi connectivity index (χ0) is 14.3. The summed E-state index contributed by atoms with van der Waals surface area (Å²) in [5.74, 6) is 0.542. The van der Waals surface area contributed by atoms with E-state index in [0.29, 0.717) is 12.5 Å². The molecule has 0 N–H and O–H groups in total. The first-order valence-electron chi connectivity index (χ1n) is 6.69. The maximum Gasteiger partial charge on any atom is 0.160 e. The monoisotopic (exact) mass is 258 g/mol. The molecular weight excluding hydrogens is 236 g/mol. The molecule has 3 nitrogen and oxygen atoms in total. The van der Waals surface area contributed by atoms with Crippen molar-refractivity contribution in [1.82, 2.24) is 4.90 Å². The van der Waals surface area contributed by atoms with Crippen molar-refractivity contribution < 1.29 is 4.79 Å². The molecule has 0 aliphatic heterocycles. The van der Waals surface area contributed by atoms with Gasteiger partial charge in [-0.05, 0) is 30.5 Å². The summed E-state index contributed by atoms with van der Waals surface area (Å²) in [7, 11) is 1.91. The Morgan fingerprint density at radius 3 is 2.47 bits per heavy atom. The first-order chi connectivity index (χ1) is 9.02. The minimum Gasteiger partial charge on any atom is -0.299 e. The molecule has 19 heavy (non-hydrogen) atoms. The number of likely N-dealkylation sites (N-methyl/N-ethyl adjacent to an activating group) is 1. The predicted molar refractivity (Wildman–Crippen MR) is 77.0 cm³/mol. The quantitative estimate of drug-likeness (QED) is 0.755. The van der Waals surface area contributed by atoms with Gasteiger partial charge in [-0.15, -0.1) is 0 Å². The first-order valence-corrected chi connectivity index (χ1v) is 6.69. The molecule has 0 aliphatic carbocycles. The van der Waals surface area contributed by atoms with Crippen LogP contribution in [0.25, 0.3) is 0 Å². The average molecular weight is 258 g/mol. The molecule has 1 aromatic carbocycles.